The van der Waals surface area contributed by atoms with Crippen molar-refractivity contribution >= 4 is 17.4 Å². The Balaban J connectivity index is 2.43. The Morgan fingerprint density at radius 2 is 1.80 bits per heavy atom. The molecular formula is C13H9ClF2N2O2. The smallest absolute Gasteiger partial charge is 0.173 e. The number of ether oxygens (including phenoxy) is 1. The molecule has 0 saturated heterocycles. The van der Waals surface area contributed by atoms with Crippen LogP contribution in [-0.4, -0.2) is 11.0 Å². The third-order valence-corrected chi connectivity index (χ3v) is 2.62. The van der Waals surface area contributed by atoms with Gasteiger partial charge in [-0.2, -0.15) is 0 Å². The number of amidine groups is 1. The summed E-state index contributed by atoms with van der Waals surface area (Å²) >= 11 is 5.80. The van der Waals surface area contributed by atoms with Crippen LogP contribution < -0.4 is 10.5 Å². The maximum atomic E-state index is 13.1. The molecule has 0 saturated carbocycles. The zero-order valence-corrected chi connectivity index (χ0v) is 10.7. The van der Waals surface area contributed by atoms with E-state index in [0.29, 0.717) is 5.02 Å². The Morgan fingerprint density at radius 1 is 1.15 bits per heavy atom. The average molecular weight is 299 g/mol. The number of hydrogen-bond acceptors (Lipinski definition) is 3. The van der Waals surface area contributed by atoms with Crippen molar-refractivity contribution in [1.82, 2.24) is 0 Å². The lowest BCUT2D eigenvalue weighted by molar-refractivity contribution is 0.318. The van der Waals surface area contributed by atoms with Gasteiger partial charge in [-0.1, -0.05) is 16.8 Å². The van der Waals surface area contributed by atoms with Gasteiger partial charge >= 0.3 is 0 Å². The highest BCUT2D eigenvalue weighted by atomic mass is 35.5. The van der Waals surface area contributed by atoms with Crippen molar-refractivity contribution in [3.05, 3.63) is 58.6 Å². The molecule has 2 rings (SSSR count). The van der Waals surface area contributed by atoms with Gasteiger partial charge in [-0.25, -0.2) is 8.78 Å². The number of benzene rings is 2. The highest BCUT2D eigenvalue weighted by Crippen LogP contribution is 2.28. The summed E-state index contributed by atoms with van der Waals surface area (Å²) in [6, 6.07) is 7.08. The first kappa shape index (κ1) is 14.1. The van der Waals surface area contributed by atoms with Crippen molar-refractivity contribution in [2.45, 2.75) is 0 Å². The third kappa shape index (κ3) is 3.16. The second-order valence-electron chi connectivity index (χ2n) is 3.83. The van der Waals surface area contributed by atoms with Gasteiger partial charge in [0.1, 0.15) is 23.1 Å². The Hall–Kier alpha value is -2.34. The van der Waals surface area contributed by atoms with Crippen molar-refractivity contribution in [3.8, 4) is 11.5 Å². The summed E-state index contributed by atoms with van der Waals surface area (Å²) in [4.78, 5) is 0. The lowest BCUT2D eigenvalue weighted by Gasteiger charge is -2.11. The second kappa shape index (κ2) is 5.75. The highest BCUT2D eigenvalue weighted by Gasteiger charge is 2.11. The molecule has 2 aromatic rings. The highest BCUT2D eigenvalue weighted by molar-refractivity contribution is 6.31. The molecule has 0 fully saturated rings. The summed E-state index contributed by atoms with van der Waals surface area (Å²) in [5.41, 5.74) is 5.69. The molecule has 2 aromatic carbocycles. The predicted molar refractivity (Wildman–Crippen MR) is 70.4 cm³/mol. The van der Waals surface area contributed by atoms with Gasteiger partial charge in [0.2, 0.25) is 0 Å². The first-order valence-electron chi connectivity index (χ1n) is 5.41. The number of oxime groups is 1. The van der Waals surface area contributed by atoms with Gasteiger partial charge in [0.15, 0.2) is 5.84 Å². The number of hydrogen-bond donors (Lipinski definition) is 2. The van der Waals surface area contributed by atoms with E-state index in [1.165, 1.54) is 18.2 Å². The van der Waals surface area contributed by atoms with Crippen LogP contribution in [0, 0.1) is 11.6 Å². The van der Waals surface area contributed by atoms with E-state index in [9.17, 15) is 8.78 Å². The first-order chi connectivity index (χ1) is 9.49. The summed E-state index contributed by atoms with van der Waals surface area (Å²) in [7, 11) is 0. The molecule has 0 spiro atoms. The van der Waals surface area contributed by atoms with Crippen LogP contribution in [-0.2, 0) is 0 Å². The average Bonchev–Trinajstić information content (AvgIpc) is 2.38. The summed E-state index contributed by atoms with van der Waals surface area (Å²) in [6.45, 7) is 0. The van der Waals surface area contributed by atoms with Crippen molar-refractivity contribution in [3.63, 3.8) is 0 Å². The minimum atomic E-state index is -0.778. The van der Waals surface area contributed by atoms with Crippen molar-refractivity contribution in [2.24, 2.45) is 10.9 Å². The Labute approximate surface area is 118 Å². The molecule has 0 bridgehead atoms. The first-order valence-corrected chi connectivity index (χ1v) is 5.79. The molecule has 0 amide bonds. The van der Waals surface area contributed by atoms with Crippen LogP contribution in [0.1, 0.15) is 5.56 Å². The lowest BCUT2D eigenvalue weighted by atomic mass is 10.2. The Kier molecular flexibility index (Phi) is 4.05. The van der Waals surface area contributed by atoms with Gasteiger partial charge in [0.05, 0.1) is 5.56 Å². The van der Waals surface area contributed by atoms with E-state index < -0.39 is 11.6 Å². The normalized spacial score (nSPS) is 11.4. The molecule has 0 aromatic heterocycles. The summed E-state index contributed by atoms with van der Waals surface area (Å²) in [6.07, 6.45) is 0. The molecule has 0 heterocycles. The molecular weight excluding hydrogens is 290 g/mol. The van der Waals surface area contributed by atoms with Gasteiger partial charge in [-0.3, -0.25) is 0 Å². The summed E-state index contributed by atoms with van der Waals surface area (Å²) < 4.78 is 31.5. The van der Waals surface area contributed by atoms with E-state index in [2.05, 4.69) is 5.16 Å². The standard InChI is InChI=1S/C13H9ClF2N2O2/c14-7-1-2-12(11(3-7)13(17)18-19)20-10-5-8(15)4-9(16)6-10/h1-6,19H,(H2,17,18). The number of rotatable bonds is 3. The zero-order valence-electron chi connectivity index (χ0n) is 9.98. The maximum absolute atomic E-state index is 13.1. The molecule has 104 valence electrons. The maximum Gasteiger partial charge on any atom is 0.173 e. The van der Waals surface area contributed by atoms with Gasteiger partial charge in [-0.15, -0.1) is 0 Å². The minimum absolute atomic E-state index is 0.0585. The van der Waals surface area contributed by atoms with Gasteiger partial charge in [0.25, 0.3) is 0 Å². The van der Waals surface area contributed by atoms with Crippen LogP contribution in [0.15, 0.2) is 41.6 Å². The van der Waals surface area contributed by atoms with E-state index in [4.69, 9.17) is 27.3 Å². The minimum Gasteiger partial charge on any atom is -0.456 e. The fraction of sp³-hybridized carbons (Fsp3) is 0. The SMILES string of the molecule is NC(=NO)c1cc(Cl)ccc1Oc1cc(F)cc(F)c1. The monoisotopic (exact) mass is 298 g/mol. The molecule has 0 aliphatic carbocycles. The van der Waals surface area contributed by atoms with Crippen molar-refractivity contribution in [2.75, 3.05) is 0 Å². The van der Waals surface area contributed by atoms with E-state index in [1.54, 1.807) is 0 Å². The van der Waals surface area contributed by atoms with Crippen molar-refractivity contribution < 1.29 is 18.7 Å². The van der Waals surface area contributed by atoms with Gasteiger partial charge in [-0.05, 0) is 18.2 Å². The molecule has 20 heavy (non-hydrogen) atoms. The zero-order chi connectivity index (χ0) is 14.7. The molecule has 4 nitrogen and oxygen atoms in total. The van der Waals surface area contributed by atoms with Gasteiger partial charge in [0, 0.05) is 23.2 Å². The predicted octanol–water partition coefficient (Wildman–Crippen LogP) is 3.51. The van der Waals surface area contributed by atoms with Crippen LogP contribution in [0.4, 0.5) is 8.78 Å². The van der Waals surface area contributed by atoms with E-state index in [1.807, 2.05) is 0 Å². The Morgan fingerprint density at radius 3 is 2.40 bits per heavy atom. The number of halogens is 3. The third-order valence-electron chi connectivity index (χ3n) is 2.39. The van der Waals surface area contributed by atoms with Crippen LogP contribution in [0.25, 0.3) is 0 Å². The molecule has 0 atom stereocenters. The van der Waals surface area contributed by atoms with Crippen LogP contribution >= 0.6 is 11.6 Å². The van der Waals surface area contributed by atoms with E-state index in [0.717, 1.165) is 18.2 Å². The molecule has 0 aliphatic heterocycles. The molecule has 3 N–H and O–H groups in total. The van der Waals surface area contributed by atoms with Crippen LogP contribution in [0.3, 0.4) is 0 Å². The van der Waals surface area contributed by atoms with E-state index in [-0.39, 0.29) is 22.9 Å². The largest absolute Gasteiger partial charge is 0.456 e. The molecule has 0 radical (unpaired) electrons. The Bertz CT molecular complexity index is 657. The molecule has 0 unspecified atom stereocenters. The quantitative estimate of drug-likeness (QED) is 0.394. The number of nitrogens with two attached hydrogens (primary N) is 1. The second-order valence-corrected chi connectivity index (χ2v) is 4.27. The summed E-state index contributed by atoms with van der Waals surface area (Å²) in [5.74, 6) is -1.70. The fourth-order valence-corrected chi connectivity index (χ4v) is 1.73. The summed E-state index contributed by atoms with van der Waals surface area (Å²) in [5, 5.41) is 11.9. The molecule has 7 heteroatoms. The lowest BCUT2D eigenvalue weighted by Crippen LogP contribution is -2.14. The van der Waals surface area contributed by atoms with Crippen LogP contribution in [0.2, 0.25) is 5.02 Å². The van der Waals surface area contributed by atoms with Crippen LogP contribution in [0.5, 0.6) is 11.5 Å². The number of nitrogens with zero attached hydrogens (tertiary/aromatic N) is 1. The van der Waals surface area contributed by atoms with E-state index >= 15 is 0 Å². The molecule has 0 aliphatic rings. The van der Waals surface area contributed by atoms with Crippen molar-refractivity contribution in [1.29, 1.82) is 0 Å². The van der Waals surface area contributed by atoms with Gasteiger partial charge < -0.3 is 15.7 Å². The fourth-order valence-electron chi connectivity index (χ4n) is 1.56. The topological polar surface area (TPSA) is 67.8 Å².